The van der Waals surface area contributed by atoms with Crippen molar-refractivity contribution in [3.8, 4) is 11.3 Å². The van der Waals surface area contributed by atoms with E-state index in [1.54, 1.807) is 25.4 Å². The molecular formula is C16H18ClN5O2. The monoisotopic (exact) mass is 347 g/mol. The maximum Gasteiger partial charge on any atom is 0.407 e. The average molecular weight is 348 g/mol. The van der Waals surface area contributed by atoms with E-state index >= 15 is 0 Å². The van der Waals surface area contributed by atoms with E-state index in [-0.39, 0.29) is 6.04 Å². The van der Waals surface area contributed by atoms with Crippen LogP contribution in [0.1, 0.15) is 30.3 Å². The number of aromatic nitrogens is 2. The third-order valence-electron chi connectivity index (χ3n) is 4.20. The Labute approximate surface area is 144 Å². The predicted octanol–water partition coefficient (Wildman–Crippen LogP) is 2.88. The van der Waals surface area contributed by atoms with Crippen LogP contribution in [0, 0.1) is 0 Å². The van der Waals surface area contributed by atoms with E-state index in [1.165, 1.54) is 4.90 Å². The van der Waals surface area contributed by atoms with Gasteiger partial charge in [-0.15, -0.1) is 0 Å². The fourth-order valence-corrected chi connectivity index (χ4v) is 3.18. The number of likely N-dealkylation sites (tertiary alicyclic amines) is 1. The lowest BCUT2D eigenvalue weighted by atomic mass is 10.0. The number of hydrogen-bond donors (Lipinski definition) is 3. The molecule has 0 bridgehead atoms. The van der Waals surface area contributed by atoms with Crippen molar-refractivity contribution in [2.75, 3.05) is 13.6 Å². The van der Waals surface area contributed by atoms with Gasteiger partial charge in [0, 0.05) is 29.7 Å². The summed E-state index contributed by atoms with van der Waals surface area (Å²) in [6.45, 7) is 0.525. The van der Waals surface area contributed by atoms with E-state index in [9.17, 15) is 9.90 Å². The lowest BCUT2D eigenvalue weighted by molar-refractivity contribution is 0.139. The fraction of sp³-hybridized carbons (Fsp3) is 0.312. The summed E-state index contributed by atoms with van der Waals surface area (Å²) in [5, 5.41) is 9.85. The Morgan fingerprint density at radius 2 is 2.33 bits per heavy atom. The van der Waals surface area contributed by atoms with Crippen molar-refractivity contribution in [1.29, 1.82) is 0 Å². The summed E-state index contributed by atoms with van der Waals surface area (Å²) in [5.41, 5.74) is 8.24. The summed E-state index contributed by atoms with van der Waals surface area (Å²) >= 11 is 6.06. The van der Waals surface area contributed by atoms with E-state index in [2.05, 4.69) is 15.0 Å². The van der Waals surface area contributed by atoms with Gasteiger partial charge in [0.2, 0.25) is 0 Å². The van der Waals surface area contributed by atoms with E-state index in [0.717, 1.165) is 24.1 Å². The van der Waals surface area contributed by atoms with Crippen molar-refractivity contribution in [3.63, 3.8) is 0 Å². The number of nitrogens with two attached hydrogens (primary N) is 1. The minimum atomic E-state index is -0.926. The van der Waals surface area contributed by atoms with Crippen LogP contribution >= 0.6 is 11.6 Å². The summed E-state index contributed by atoms with van der Waals surface area (Å²) in [7, 11) is 1.61. The van der Waals surface area contributed by atoms with Crippen LogP contribution in [0.5, 0.6) is 0 Å². The minimum absolute atomic E-state index is 0.246. The van der Waals surface area contributed by atoms with Gasteiger partial charge in [0.15, 0.2) is 0 Å². The molecule has 8 heteroatoms. The van der Waals surface area contributed by atoms with Crippen molar-refractivity contribution < 1.29 is 9.90 Å². The van der Waals surface area contributed by atoms with Crippen LogP contribution in [0.4, 0.5) is 4.79 Å². The third kappa shape index (κ3) is 2.94. The maximum atomic E-state index is 11.3. The molecule has 0 spiro atoms. The first-order valence-corrected chi connectivity index (χ1v) is 7.96. The molecule has 2 heterocycles. The normalized spacial score (nSPS) is 18.2. The van der Waals surface area contributed by atoms with Gasteiger partial charge in [-0.3, -0.25) is 9.89 Å². The Balaban J connectivity index is 1.98. The molecule has 0 radical (unpaired) electrons. The number of nitrogens with one attached hydrogen (secondary N) is 1. The van der Waals surface area contributed by atoms with Gasteiger partial charge in [0.25, 0.3) is 0 Å². The van der Waals surface area contributed by atoms with Gasteiger partial charge in [-0.05, 0) is 25.0 Å². The summed E-state index contributed by atoms with van der Waals surface area (Å²) in [5.74, 6) is 1.01. The van der Waals surface area contributed by atoms with Gasteiger partial charge in [-0.1, -0.05) is 17.7 Å². The molecule has 1 amide bonds. The Morgan fingerprint density at radius 3 is 3.04 bits per heavy atom. The fourth-order valence-electron chi connectivity index (χ4n) is 3.01. The molecule has 4 N–H and O–H groups in total. The second kappa shape index (κ2) is 6.52. The number of imidazole rings is 1. The van der Waals surface area contributed by atoms with Gasteiger partial charge in [0.1, 0.15) is 11.7 Å². The molecule has 24 heavy (non-hydrogen) atoms. The molecule has 7 nitrogen and oxygen atoms in total. The van der Waals surface area contributed by atoms with Crippen LogP contribution in [0.2, 0.25) is 5.02 Å². The van der Waals surface area contributed by atoms with Crippen LogP contribution in [0.15, 0.2) is 29.4 Å². The van der Waals surface area contributed by atoms with Gasteiger partial charge in [0.05, 0.1) is 17.9 Å². The van der Waals surface area contributed by atoms with E-state index in [1.807, 2.05) is 6.07 Å². The Morgan fingerprint density at radius 1 is 1.54 bits per heavy atom. The number of nitrogens with zero attached hydrogens (tertiary/aromatic N) is 3. The number of benzene rings is 1. The molecule has 1 aromatic carbocycles. The van der Waals surface area contributed by atoms with Crippen LogP contribution in [-0.2, 0) is 0 Å². The highest BCUT2D eigenvalue weighted by Crippen LogP contribution is 2.32. The zero-order valence-electron chi connectivity index (χ0n) is 13.2. The average Bonchev–Trinajstić information content (AvgIpc) is 3.22. The maximum absolute atomic E-state index is 11.3. The lowest BCUT2D eigenvalue weighted by Crippen LogP contribution is -2.29. The van der Waals surface area contributed by atoms with Crippen molar-refractivity contribution in [2.24, 2.45) is 10.7 Å². The number of hydrogen-bond acceptors (Lipinski definition) is 3. The zero-order valence-corrected chi connectivity index (χ0v) is 13.9. The highest BCUT2D eigenvalue weighted by atomic mass is 35.5. The Hall–Kier alpha value is -2.54. The molecule has 1 fully saturated rings. The predicted molar refractivity (Wildman–Crippen MR) is 92.4 cm³/mol. The topological polar surface area (TPSA) is 108 Å². The first-order valence-electron chi connectivity index (χ1n) is 7.58. The second-order valence-corrected chi connectivity index (χ2v) is 6.05. The Kier molecular flexibility index (Phi) is 4.44. The van der Waals surface area contributed by atoms with E-state index in [0.29, 0.717) is 28.8 Å². The number of rotatable bonds is 3. The molecular weight excluding hydrogens is 330 g/mol. The minimum Gasteiger partial charge on any atom is -0.465 e. The van der Waals surface area contributed by atoms with E-state index in [4.69, 9.17) is 17.3 Å². The number of amidine groups is 1. The first kappa shape index (κ1) is 16.3. The third-order valence-corrected chi connectivity index (χ3v) is 4.43. The molecule has 3 rings (SSSR count). The summed E-state index contributed by atoms with van der Waals surface area (Å²) in [6, 6.07) is 5.11. The van der Waals surface area contributed by atoms with Gasteiger partial charge >= 0.3 is 6.09 Å². The summed E-state index contributed by atoms with van der Waals surface area (Å²) < 4.78 is 0. The molecule has 0 aliphatic carbocycles. The lowest BCUT2D eigenvalue weighted by Gasteiger charge is -2.19. The van der Waals surface area contributed by atoms with Gasteiger partial charge < -0.3 is 15.8 Å². The number of carboxylic acid groups (broad SMARTS) is 1. The van der Waals surface area contributed by atoms with Crippen molar-refractivity contribution in [3.05, 3.63) is 40.8 Å². The molecule has 1 unspecified atom stereocenters. The smallest absolute Gasteiger partial charge is 0.407 e. The van der Waals surface area contributed by atoms with Crippen molar-refractivity contribution in [2.45, 2.75) is 18.9 Å². The standard InChI is InChI=1S/C16H18ClN5O2/c1-19-14(18)11-7-9(17)4-5-10(11)12-8-20-15(21-12)13-3-2-6-22(13)16(23)24/h4-5,7-8,13H,2-3,6H2,1H3,(H2,18,19)(H,20,21)(H,23,24). The number of H-pyrrole nitrogens is 1. The molecule has 126 valence electrons. The number of amides is 1. The number of aliphatic imine (C=N–C) groups is 1. The molecule has 1 aliphatic rings. The molecule has 1 atom stereocenters. The Bertz CT molecular complexity index is 802. The second-order valence-electron chi connectivity index (χ2n) is 5.61. The quantitative estimate of drug-likeness (QED) is 0.586. The molecule has 2 aromatic rings. The van der Waals surface area contributed by atoms with Gasteiger partial charge in [-0.2, -0.15) is 0 Å². The zero-order chi connectivity index (χ0) is 17.3. The summed E-state index contributed by atoms with van der Waals surface area (Å²) in [4.78, 5) is 24.4. The highest BCUT2D eigenvalue weighted by Gasteiger charge is 2.31. The van der Waals surface area contributed by atoms with Crippen LogP contribution < -0.4 is 5.73 Å². The van der Waals surface area contributed by atoms with Crippen LogP contribution in [-0.4, -0.2) is 45.5 Å². The van der Waals surface area contributed by atoms with Crippen molar-refractivity contribution in [1.82, 2.24) is 14.9 Å². The highest BCUT2D eigenvalue weighted by molar-refractivity contribution is 6.31. The number of aromatic amines is 1. The molecule has 1 saturated heterocycles. The van der Waals surface area contributed by atoms with Crippen LogP contribution in [0.25, 0.3) is 11.3 Å². The van der Waals surface area contributed by atoms with Gasteiger partial charge in [-0.25, -0.2) is 9.78 Å². The SMILES string of the molecule is CN=C(N)c1cc(Cl)ccc1-c1cnc(C2CCCN2C(=O)O)[nH]1. The summed E-state index contributed by atoms with van der Waals surface area (Å²) in [6.07, 6.45) is 2.34. The first-order chi connectivity index (χ1) is 11.5. The largest absolute Gasteiger partial charge is 0.465 e. The van der Waals surface area contributed by atoms with E-state index < -0.39 is 6.09 Å². The number of carbonyl (C=O) groups is 1. The van der Waals surface area contributed by atoms with Crippen LogP contribution in [0.3, 0.4) is 0 Å². The molecule has 1 aromatic heterocycles. The number of halogens is 1. The molecule has 1 aliphatic heterocycles. The molecule has 0 saturated carbocycles. The van der Waals surface area contributed by atoms with Crippen molar-refractivity contribution >= 4 is 23.5 Å².